The number of hydrogen-bond acceptors (Lipinski definition) is 5. The first-order valence-electron chi connectivity index (χ1n) is 10.3. The van der Waals surface area contributed by atoms with Crippen molar-refractivity contribution in [1.82, 2.24) is 16.0 Å². The number of carbonyl (C=O) groups is 4. The average molecular weight is 415 g/mol. The number of carbonyl (C=O) groups excluding carboxylic acids is 3. The van der Waals surface area contributed by atoms with Gasteiger partial charge in [0.1, 0.15) is 18.1 Å². The fourth-order valence-electron chi connectivity index (χ4n) is 2.58. The molecule has 3 amide bonds. The molecule has 0 aromatic carbocycles. The molecule has 29 heavy (non-hydrogen) atoms. The Morgan fingerprint density at radius 2 is 1.21 bits per heavy atom. The maximum absolute atomic E-state index is 12.7. The number of carboxylic acid groups (broad SMARTS) is 1. The zero-order valence-corrected chi connectivity index (χ0v) is 18.6. The lowest BCUT2D eigenvalue weighted by Gasteiger charge is -2.28. The largest absolute Gasteiger partial charge is 0.480 e. The molecule has 9 heteroatoms. The molecular formula is C20H38N4O5. The van der Waals surface area contributed by atoms with Crippen molar-refractivity contribution < 1.29 is 24.3 Å². The highest BCUT2D eigenvalue weighted by Crippen LogP contribution is 2.11. The Kier molecular flexibility index (Phi) is 11.5. The van der Waals surface area contributed by atoms with Gasteiger partial charge in [-0.25, -0.2) is 4.79 Å². The van der Waals surface area contributed by atoms with Gasteiger partial charge in [0.15, 0.2) is 0 Å². The van der Waals surface area contributed by atoms with Crippen LogP contribution in [0.15, 0.2) is 0 Å². The number of nitrogens with one attached hydrogen (secondary N) is 3. The predicted octanol–water partition coefficient (Wildman–Crippen LogP) is 0.621. The molecule has 0 heterocycles. The Morgan fingerprint density at radius 1 is 0.759 bits per heavy atom. The molecule has 0 saturated heterocycles. The van der Waals surface area contributed by atoms with Gasteiger partial charge in [-0.1, -0.05) is 54.4 Å². The molecule has 6 atom stereocenters. The summed E-state index contributed by atoms with van der Waals surface area (Å²) in [5, 5.41) is 17.0. The summed E-state index contributed by atoms with van der Waals surface area (Å²) in [7, 11) is 0. The molecule has 168 valence electrons. The minimum absolute atomic E-state index is 0.0890. The van der Waals surface area contributed by atoms with Crippen molar-refractivity contribution in [2.45, 2.75) is 85.5 Å². The summed E-state index contributed by atoms with van der Waals surface area (Å²) in [6, 6.07) is -3.60. The predicted molar refractivity (Wildman–Crippen MR) is 111 cm³/mol. The third-order valence-electron chi connectivity index (χ3n) is 5.34. The average Bonchev–Trinajstić information content (AvgIpc) is 2.67. The normalized spacial score (nSPS) is 17.4. The van der Waals surface area contributed by atoms with Crippen LogP contribution in [0.4, 0.5) is 0 Å². The summed E-state index contributed by atoms with van der Waals surface area (Å²) in [5.74, 6) is -3.20. The molecule has 0 rings (SSSR count). The fourth-order valence-corrected chi connectivity index (χ4v) is 2.58. The number of amides is 3. The van der Waals surface area contributed by atoms with E-state index in [4.69, 9.17) is 5.73 Å². The van der Waals surface area contributed by atoms with Gasteiger partial charge < -0.3 is 26.8 Å². The van der Waals surface area contributed by atoms with Crippen molar-refractivity contribution in [3.05, 3.63) is 0 Å². The Balaban J connectivity index is 5.17. The topological polar surface area (TPSA) is 151 Å². The Morgan fingerprint density at radius 3 is 1.62 bits per heavy atom. The minimum atomic E-state index is -1.13. The van der Waals surface area contributed by atoms with Crippen LogP contribution in [-0.4, -0.2) is 53.0 Å². The second-order valence-corrected chi connectivity index (χ2v) is 8.08. The number of aliphatic carboxylic acids is 1. The first-order chi connectivity index (χ1) is 13.4. The highest BCUT2D eigenvalue weighted by molar-refractivity contribution is 5.94. The number of rotatable bonds is 12. The van der Waals surface area contributed by atoms with Crippen LogP contribution in [-0.2, 0) is 19.2 Å². The SMILES string of the molecule is CCC(C)C(NC(=O)C(C)NC(=O)C(NC(=O)C(N)C(C)C)C(C)CC)C(=O)O. The van der Waals surface area contributed by atoms with Crippen LogP contribution in [0.5, 0.6) is 0 Å². The summed E-state index contributed by atoms with van der Waals surface area (Å²) in [6.45, 7) is 12.4. The van der Waals surface area contributed by atoms with Gasteiger partial charge in [-0.3, -0.25) is 14.4 Å². The summed E-state index contributed by atoms with van der Waals surface area (Å²) in [6.07, 6.45) is 1.21. The van der Waals surface area contributed by atoms with E-state index in [2.05, 4.69) is 16.0 Å². The van der Waals surface area contributed by atoms with Gasteiger partial charge in [0, 0.05) is 0 Å². The number of nitrogens with two attached hydrogens (primary N) is 1. The zero-order valence-electron chi connectivity index (χ0n) is 18.6. The number of hydrogen-bond donors (Lipinski definition) is 5. The van der Waals surface area contributed by atoms with E-state index in [0.717, 1.165) is 0 Å². The van der Waals surface area contributed by atoms with Crippen molar-refractivity contribution in [1.29, 1.82) is 0 Å². The van der Waals surface area contributed by atoms with Gasteiger partial charge in [-0.2, -0.15) is 0 Å². The molecular weight excluding hydrogens is 376 g/mol. The molecule has 6 unspecified atom stereocenters. The van der Waals surface area contributed by atoms with Crippen molar-refractivity contribution >= 4 is 23.7 Å². The lowest BCUT2D eigenvalue weighted by atomic mass is 9.96. The first-order valence-corrected chi connectivity index (χ1v) is 10.3. The molecule has 9 nitrogen and oxygen atoms in total. The third kappa shape index (κ3) is 8.39. The molecule has 0 aromatic rings. The monoisotopic (exact) mass is 414 g/mol. The molecule has 6 N–H and O–H groups in total. The van der Waals surface area contributed by atoms with Crippen LogP contribution in [0.25, 0.3) is 0 Å². The van der Waals surface area contributed by atoms with Gasteiger partial charge in [-0.05, 0) is 24.7 Å². The van der Waals surface area contributed by atoms with E-state index >= 15 is 0 Å². The Hall–Kier alpha value is -2.16. The quantitative estimate of drug-likeness (QED) is 0.316. The summed E-state index contributed by atoms with van der Waals surface area (Å²) in [4.78, 5) is 48.8. The first kappa shape index (κ1) is 26.8. The lowest BCUT2D eigenvalue weighted by molar-refractivity contribution is -0.143. The van der Waals surface area contributed by atoms with Gasteiger partial charge in [0.05, 0.1) is 6.04 Å². The molecule has 0 saturated carbocycles. The van der Waals surface area contributed by atoms with Gasteiger partial charge in [-0.15, -0.1) is 0 Å². The van der Waals surface area contributed by atoms with E-state index in [1.54, 1.807) is 6.92 Å². The van der Waals surface area contributed by atoms with Crippen molar-refractivity contribution in [2.75, 3.05) is 0 Å². The van der Waals surface area contributed by atoms with E-state index in [1.807, 2.05) is 34.6 Å². The second-order valence-electron chi connectivity index (χ2n) is 8.08. The van der Waals surface area contributed by atoms with Crippen LogP contribution >= 0.6 is 0 Å². The van der Waals surface area contributed by atoms with Gasteiger partial charge in [0.2, 0.25) is 17.7 Å². The van der Waals surface area contributed by atoms with E-state index < -0.39 is 47.9 Å². The van der Waals surface area contributed by atoms with Crippen molar-refractivity contribution in [2.24, 2.45) is 23.5 Å². The Bertz CT molecular complexity index is 581. The van der Waals surface area contributed by atoms with E-state index in [-0.39, 0.29) is 17.8 Å². The molecule has 0 aliphatic heterocycles. The summed E-state index contributed by atoms with van der Waals surface area (Å²) >= 11 is 0. The fraction of sp³-hybridized carbons (Fsp3) is 0.800. The highest BCUT2D eigenvalue weighted by Gasteiger charge is 2.32. The van der Waals surface area contributed by atoms with Gasteiger partial charge in [0.25, 0.3) is 0 Å². The van der Waals surface area contributed by atoms with E-state index in [9.17, 15) is 24.3 Å². The standard InChI is InChI=1S/C20H38N4O5/c1-8-11(5)15(23-18(26)14(21)10(3)4)19(27)22-13(7)17(25)24-16(20(28)29)12(6)9-2/h10-16H,8-9,21H2,1-7H3,(H,22,27)(H,23,26)(H,24,25)(H,28,29). The van der Waals surface area contributed by atoms with E-state index in [0.29, 0.717) is 12.8 Å². The van der Waals surface area contributed by atoms with Crippen LogP contribution < -0.4 is 21.7 Å². The van der Waals surface area contributed by atoms with Crippen LogP contribution in [0.3, 0.4) is 0 Å². The van der Waals surface area contributed by atoms with Crippen LogP contribution in [0.1, 0.15) is 61.3 Å². The highest BCUT2D eigenvalue weighted by atomic mass is 16.4. The summed E-state index contributed by atoms with van der Waals surface area (Å²) < 4.78 is 0. The molecule has 0 spiro atoms. The minimum Gasteiger partial charge on any atom is -0.480 e. The molecule has 0 bridgehead atoms. The van der Waals surface area contributed by atoms with Gasteiger partial charge >= 0.3 is 5.97 Å². The zero-order chi connectivity index (χ0) is 22.9. The smallest absolute Gasteiger partial charge is 0.326 e. The summed E-state index contributed by atoms with van der Waals surface area (Å²) in [5.41, 5.74) is 5.86. The van der Waals surface area contributed by atoms with Crippen molar-refractivity contribution in [3.63, 3.8) is 0 Å². The maximum atomic E-state index is 12.7. The maximum Gasteiger partial charge on any atom is 0.326 e. The van der Waals surface area contributed by atoms with E-state index in [1.165, 1.54) is 6.92 Å². The molecule has 0 aliphatic carbocycles. The molecule has 0 fully saturated rings. The molecule has 0 aliphatic rings. The lowest BCUT2D eigenvalue weighted by Crippen LogP contribution is -2.58. The van der Waals surface area contributed by atoms with Crippen LogP contribution in [0.2, 0.25) is 0 Å². The Labute approximate surface area is 173 Å². The van der Waals surface area contributed by atoms with Crippen LogP contribution in [0, 0.1) is 17.8 Å². The second kappa shape index (κ2) is 12.4. The molecule has 0 aromatic heterocycles. The number of carboxylic acids is 1. The van der Waals surface area contributed by atoms with Crippen molar-refractivity contribution in [3.8, 4) is 0 Å². The third-order valence-corrected chi connectivity index (χ3v) is 5.34. The molecule has 0 radical (unpaired) electrons.